The molecular formula is C25H32N2O6. The molecule has 33 heavy (non-hydrogen) atoms. The van der Waals surface area contributed by atoms with Crippen molar-refractivity contribution in [3.63, 3.8) is 0 Å². The van der Waals surface area contributed by atoms with Crippen LogP contribution in [0.5, 0.6) is 5.75 Å². The average molecular weight is 457 g/mol. The van der Waals surface area contributed by atoms with Crippen molar-refractivity contribution >= 4 is 18.0 Å². The summed E-state index contributed by atoms with van der Waals surface area (Å²) in [5, 5.41) is 15.6. The highest BCUT2D eigenvalue weighted by Crippen LogP contribution is 2.22. The lowest BCUT2D eigenvalue weighted by Crippen LogP contribution is -2.38. The van der Waals surface area contributed by atoms with Crippen LogP contribution < -0.4 is 4.74 Å². The van der Waals surface area contributed by atoms with Crippen molar-refractivity contribution in [2.45, 2.75) is 32.4 Å². The number of hydrogen-bond acceptors (Lipinski definition) is 5. The van der Waals surface area contributed by atoms with Gasteiger partial charge in [-0.05, 0) is 57.6 Å². The molecule has 0 radical (unpaired) electrons. The van der Waals surface area contributed by atoms with Crippen LogP contribution in [0.3, 0.4) is 0 Å². The smallest absolute Gasteiger partial charge is 0.415 e. The second-order valence-electron chi connectivity index (χ2n) is 7.74. The van der Waals surface area contributed by atoms with Crippen LogP contribution in [-0.4, -0.2) is 65.2 Å². The van der Waals surface area contributed by atoms with Gasteiger partial charge in [0.05, 0.1) is 0 Å². The van der Waals surface area contributed by atoms with Crippen LogP contribution in [0.1, 0.15) is 31.0 Å². The van der Waals surface area contributed by atoms with Gasteiger partial charge in [-0.15, -0.1) is 0 Å². The summed E-state index contributed by atoms with van der Waals surface area (Å²) < 4.78 is 5.57. The highest BCUT2D eigenvalue weighted by Gasteiger charge is 2.18. The number of carboxylic acid groups (broad SMARTS) is 2. The molecule has 2 atom stereocenters. The number of carbonyl (C=O) groups excluding carboxylic acids is 1. The van der Waals surface area contributed by atoms with Gasteiger partial charge < -0.3 is 24.7 Å². The van der Waals surface area contributed by atoms with E-state index in [0.29, 0.717) is 17.9 Å². The Morgan fingerprint density at radius 2 is 1.48 bits per heavy atom. The molecule has 0 saturated heterocycles. The highest BCUT2D eigenvalue weighted by molar-refractivity contribution is 5.89. The first-order chi connectivity index (χ1) is 15.5. The Kier molecular flexibility index (Phi) is 11.4. The maximum absolute atomic E-state index is 12.5. The Morgan fingerprint density at radius 3 is 2.00 bits per heavy atom. The molecule has 2 aromatic carbocycles. The Morgan fingerprint density at radius 1 is 0.909 bits per heavy atom. The van der Waals surface area contributed by atoms with E-state index in [4.69, 9.17) is 14.9 Å². The lowest BCUT2D eigenvalue weighted by Gasteiger charge is -2.25. The number of rotatable bonds is 8. The van der Waals surface area contributed by atoms with Crippen LogP contribution in [0.15, 0.2) is 66.7 Å². The zero-order valence-corrected chi connectivity index (χ0v) is 19.6. The van der Waals surface area contributed by atoms with E-state index in [1.807, 2.05) is 63.5 Å². The fourth-order valence-electron chi connectivity index (χ4n) is 2.72. The van der Waals surface area contributed by atoms with E-state index >= 15 is 0 Å². The first kappa shape index (κ1) is 27.4. The molecule has 2 rings (SSSR count). The molecule has 2 aromatic rings. The van der Waals surface area contributed by atoms with Crippen LogP contribution >= 0.6 is 0 Å². The van der Waals surface area contributed by atoms with Crippen molar-refractivity contribution in [2.75, 3.05) is 21.1 Å². The van der Waals surface area contributed by atoms with Crippen molar-refractivity contribution in [2.24, 2.45) is 0 Å². The summed E-state index contributed by atoms with van der Waals surface area (Å²) in [5.74, 6) is -1.94. The van der Waals surface area contributed by atoms with E-state index in [1.54, 1.807) is 11.9 Å². The lowest BCUT2D eigenvalue weighted by atomic mass is 10.1. The van der Waals surface area contributed by atoms with E-state index in [1.165, 1.54) is 5.56 Å². The van der Waals surface area contributed by atoms with Crippen molar-refractivity contribution in [3.05, 3.63) is 77.9 Å². The number of carboxylic acids is 2. The molecule has 0 aliphatic rings. The number of nitrogens with zero attached hydrogens (tertiary/aromatic N) is 2. The molecule has 8 heteroatoms. The van der Waals surface area contributed by atoms with Crippen LogP contribution in [0.25, 0.3) is 0 Å². The van der Waals surface area contributed by atoms with Gasteiger partial charge >= 0.3 is 18.0 Å². The third kappa shape index (κ3) is 10.5. The topological polar surface area (TPSA) is 107 Å². The molecule has 8 nitrogen and oxygen atoms in total. The molecule has 0 bridgehead atoms. The minimum Gasteiger partial charge on any atom is -0.478 e. The van der Waals surface area contributed by atoms with Gasteiger partial charge in [0.15, 0.2) is 0 Å². The van der Waals surface area contributed by atoms with Gasteiger partial charge in [-0.3, -0.25) is 0 Å². The number of amides is 1. The average Bonchev–Trinajstić information content (AvgIpc) is 2.77. The lowest BCUT2D eigenvalue weighted by molar-refractivity contribution is -0.134. The van der Waals surface area contributed by atoms with Gasteiger partial charge in [-0.1, -0.05) is 42.5 Å². The van der Waals surface area contributed by atoms with Crippen molar-refractivity contribution in [3.8, 4) is 5.75 Å². The first-order valence-corrected chi connectivity index (χ1v) is 10.4. The molecule has 0 unspecified atom stereocenters. The predicted molar refractivity (Wildman–Crippen MR) is 126 cm³/mol. The Hall–Kier alpha value is -3.65. The van der Waals surface area contributed by atoms with Gasteiger partial charge in [0.1, 0.15) is 5.75 Å². The zero-order valence-electron chi connectivity index (χ0n) is 19.6. The normalized spacial score (nSPS) is 12.4. The number of likely N-dealkylation sites (N-methyl/N-ethyl adjacent to an activating group) is 1. The largest absolute Gasteiger partial charge is 0.478 e. The first-order valence-electron chi connectivity index (χ1n) is 10.4. The molecule has 2 N–H and O–H groups in total. The van der Waals surface area contributed by atoms with Gasteiger partial charge in [0.25, 0.3) is 0 Å². The van der Waals surface area contributed by atoms with Gasteiger partial charge in [0.2, 0.25) is 0 Å². The Labute approximate surface area is 194 Å². The van der Waals surface area contributed by atoms with E-state index in [2.05, 4.69) is 24.0 Å². The zero-order chi connectivity index (χ0) is 25.0. The second-order valence-corrected chi connectivity index (χ2v) is 7.74. The van der Waals surface area contributed by atoms with Crippen molar-refractivity contribution in [1.82, 2.24) is 9.80 Å². The minimum absolute atomic E-state index is 0.0544. The van der Waals surface area contributed by atoms with Gasteiger partial charge in [-0.2, -0.15) is 0 Å². The second kappa shape index (κ2) is 13.7. The predicted octanol–water partition coefficient (Wildman–Crippen LogP) is 4.08. The fraction of sp³-hybridized carbons (Fsp3) is 0.320. The fourth-order valence-corrected chi connectivity index (χ4v) is 2.72. The highest BCUT2D eigenvalue weighted by atomic mass is 16.6. The SMILES string of the molecule is C[C@H](Cc1ccccc1)N(C)C(=O)Oc1cccc([C@H](C)N(C)C)c1.O=C(O)C=CC(=O)O. The summed E-state index contributed by atoms with van der Waals surface area (Å²) in [5.41, 5.74) is 2.33. The molecule has 178 valence electrons. The third-order valence-electron chi connectivity index (χ3n) is 5.01. The van der Waals surface area contributed by atoms with Crippen LogP contribution in [0, 0.1) is 0 Å². The summed E-state index contributed by atoms with van der Waals surface area (Å²) in [6.45, 7) is 4.15. The van der Waals surface area contributed by atoms with Crippen molar-refractivity contribution in [1.29, 1.82) is 0 Å². The number of ether oxygens (including phenoxy) is 1. The Bertz CT molecular complexity index is 927. The maximum Gasteiger partial charge on any atom is 0.415 e. The standard InChI is InChI=1S/C21H28N2O2.C4H4O4/c1-16(14-18-10-7-6-8-11-18)23(5)21(24)25-20-13-9-12-19(15-20)17(2)22(3)4;5-3(6)1-2-4(7)8/h6-13,15-17H,14H2,1-5H3;1-2H,(H,5,6)(H,7,8)/t16-,17+;/m1./s1. The summed E-state index contributed by atoms with van der Waals surface area (Å²) in [6.07, 6.45) is 1.58. The van der Waals surface area contributed by atoms with E-state index in [-0.39, 0.29) is 18.2 Å². The molecule has 0 aliphatic heterocycles. The maximum atomic E-state index is 12.5. The van der Waals surface area contributed by atoms with Crippen LogP contribution in [-0.2, 0) is 16.0 Å². The number of hydrogen-bond donors (Lipinski definition) is 2. The van der Waals surface area contributed by atoms with E-state index in [9.17, 15) is 14.4 Å². The van der Waals surface area contributed by atoms with Crippen LogP contribution in [0.4, 0.5) is 4.79 Å². The van der Waals surface area contributed by atoms with Crippen molar-refractivity contribution < 1.29 is 29.3 Å². The van der Waals surface area contributed by atoms with Gasteiger partial charge in [-0.25, -0.2) is 14.4 Å². The number of aliphatic carboxylic acids is 2. The van der Waals surface area contributed by atoms with E-state index < -0.39 is 11.9 Å². The Balaban J connectivity index is 0.000000582. The molecular weight excluding hydrogens is 424 g/mol. The molecule has 0 fully saturated rings. The van der Waals surface area contributed by atoms with Crippen LogP contribution in [0.2, 0.25) is 0 Å². The minimum atomic E-state index is -1.26. The quantitative estimate of drug-likeness (QED) is 0.576. The molecule has 0 heterocycles. The number of benzene rings is 2. The van der Waals surface area contributed by atoms with E-state index in [0.717, 1.165) is 12.0 Å². The summed E-state index contributed by atoms with van der Waals surface area (Å²) >= 11 is 0. The number of carbonyl (C=O) groups is 3. The monoisotopic (exact) mass is 456 g/mol. The molecule has 0 saturated carbocycles. The molecule has 0 aromatic heterocycles. The molecule has 1 amide bonds. The third-order valence-corrected chi connectivity index (χ3v) is 5.01. The summed E-state index contributed by atoms with van der Waals surface area (Å²) in [4.78, 5) is 35.3. The molecule has 0 aliphatic carbocycles. The molecule has 0 spiro atoms. The summed E-state index contributed by atoms with van der Waals surface area (Å²) in [6, 6.07) is 18.2. The van der Waals surface area contributed by atoms with Gasteiger partial charge in [0, 0.05) is 31.3 Å². The summed E-state index contributed by atoms with van der Waals surface area (Å²) in [7, 11) is 5.84.